The molecule has 4 aromatic rings. The number of ether oxygens (including phenoxy) is 1. The summed E-state index contributed by atoms with van der Waals surface area (Å²) in [4.78, 5) is 30.6. The van der Waals surface area contributed by atoms with Gasteiger partial charge in [0.2, 0.25) is 0 Å². The number of carbonyl (C=O) groups excluding carboxylic acids is 2. The number of rotatable bonds is 7. The predicted octanol–water partition coefficient (Wildman–Crippen LogP) is 5.17. The lowest BCUT2D eigenvalue weighted by Crippen LogP contribution is -2.19. The molecule has 0 radical (unpaired) electrons. The Hall–Kier alpha value is -4.07. The van der Waals surface area contributed by atoms with E-state index >= 15 is 0 Å². The molecule has 4 rings (SSSR count). The minimum Gasteiger partial charge on any atom is -0.472 e. The lowest BCUT2D eigenvalue weighted by Gasteiger charge is -2.19. The summed E-state index contributed by atoms with van der Waals surface area (Å²) in [5.74, 6) is -0.966. The Bertz CT molecular complexity index is 1300. The van der Waals surface area contributed by atoms with Crippen LogP contribution in [0.5, 0.6) is 0 Å². The zero-order chi connectivity index (χ0) is 24.3. The summed E-state index contributed by atoms with van der Waals surface area (Å²) in [5, 5.41) is 6.91. The maximum atomic E-state index is 13.0. The van der Waals surface area contributed by atoms with E-state index in [0.29, 0.717) is 28.8 Å². The number of carbonyl (C=O) groups is 2. The van der Waals surface area contributed by atoms with Crippen LogP contribution in [0.15, 0.2) is 65.6 Å². The number of aromatic nitrogens is 2. The molecule has 34 heavy (non-hydrogen) atoms. The summed E-state index contributed by atoms with van der Waals surface area (Å²) < 4.78 is 11.9. The number of methoxy groups -OCH3 is 1. The molecule has 176 valence electrons. The largest absolute Gasteiger partial charge is 0.472 e. The van der Waals surface area contributed by atoms with Gasteiger partial charge in [-0.15, -0.1) is 0 Å². The van der Waals surface area contributed by atoms with Crippen molar-refractivity contribution in [1.29, 1.82) is 0 Å². The van der Waals surface area contributed by atoms with Gasteiger partial charge in [0.1, 0.15) is 11.9 Å². The van der Waals surface area contributed by atoms with E-state index in [1.165, 1.54) is 19.6 Å². The zero-order valence-corrected chi connectivity index (χ0v) is 19.7. The molecule has 3 heterocycles. The number of nitrogens with zero attached hydrogens (tertiary/aromatic N) is 2. The molecule has 0 spiro atoms. The van der Waals surface area contributed by atoms with E-state index in [9.17, 15) is 9.59 Å². The van der Waals surface area contributed by atoms with Gasteiger partial charge < -0.3 is 24.4 Å². The first kappa shape index (κ1) is 23.1. The second-order valence-corrected chi connectivity index (χ2v) is 9.26. The molecule has 8 heteroatoms. The van der Waals surface area contributed by atoms with Crippen molar-refractivity contribution >= 4 is 34.3 Å². The second-order valence-electron chi connectivity index (χ2n) is 9.26. The highest BCUT2D eigenvalue weighted by molar-refractivity contribution is 6.14. The van der Waals surface area contributed by atoms with Crippen LogP contribution in [0.25, 0.3) is 11.0 Å². The fourth-order valence-corrected chi connectivity index (χ4v) is 3.62. The fourth-order valence-electron chi connectivity index (χ4n) is 3.62. The van der Waals surface area contributed by atoms with Crippen molar-refractivity contribution in [3.8, 4) is 0 Å². The zero-order valence-electron chi connectivity index (χ0n) is 19.7. The van der Waals surface area contributed by atoms with Crippen LogP contribution >= 0.6 is 0 Å². The number of fused-ring (bicyclic) bond motifs is 1. The smallest absolute Gasteiger partial charge is 0.356 e. The van der Waals surface area contributed by atoms with Crippen molar-refractivity contribution in [1.82, 2.24) is 9.55 Å². The Morgan fingerprint density at radius 3 is 2.56 bits per heavy atom. The highest BCUT2D eigenvalue weighted by atomic mass is 16.5. The van der Waals surface area contributed by atoms with Crippen molar-refractivity contribution in [2.75, 3.05) is 24.3 Å². The van der Waals surface area contributed by atoms with Gasteiger partial charge in [-0.2, -0.15) is 0 Å². The van der Waals surface area contributed by atoms with Gasteiger partial charge >= 0.3 is 5.97 Å². The number of hydrogen-bond acceptors (Lipinski definition) is 6. The quantitative estimate of drug-likeness (QED) is 0.369. The molecule has 3 aromatic heterocycles. The molecule has 0 aliphatic carbocycles. The average molecular weight is 461 g/mol. The SMILES string of the molecule is COC(=O)c1c(NC(=O)c2ccoc2)c2cc(NCC(C)(C)C)cnc2n1Cc1ccccc1. The molecule has 0 fully saturated rings. The minimum absolute atomic E-state index is 0.0592. The van der Waals surface area contributed by atoms with Gasteiger partial charge in [0.05, 0.1) is 36.5 Å². The number of esters is 1. The van der Waals surface area contributed by atoms with E-state index in [1.807, 2.05) is 36.4 Å². The molecule has 1 amide bonds. The van der Waals surface area contributed by atoms with Crippen LogP contribution in [-0.4, -0.2) is 35.1 Å². The molecule has 0 aliphatic heterocycles. The minimum atomic E-state index is -0.569. The van der Waals surface area contributed by atoms with E-state index < -0.39 is 11.9 Å². The number of amides is 1. The summed E-state index contributed by atoms with van der Waals surface area (Å²) in [5.41, 5.74) is 3.30. The predicted molar refractivity (Wildman–Crippen MR) is 131 cm³/mol. The topological polar surface area (TPSA) is 98.4 Å². The number of benzene rings is 1. The average Bonchev–Trinajstić information content (AvgIpc) is 3.45. The van der Waals surface area contributed by atoms with E-state index in [4.69, 9.17) is 9.15 Å². The second kappa shape index (κ2) is 9.43. The molecule has 8 nitrogen and oxygen atoms in total. The Labute approximate surface area is 197 Å². The Balaban J connectivity index is 1.87. The van der Waals surface area contributed by atoms with Crippen LogP contribution < -0.4 is 10.6 Å². The van der Waals surface area contributed by atoms with Crippen molar-refractivity contribution < 1.29 is 18.7 Å². The van der Waals surface area contributed by atoms with Crippen LogP contribution in [0.3, 0.4) is 0 Å². The van der Waals surface area contributed by atoms with Crippen LogP contribution in [0.1, 0.15) is 47.2 Å². The van der Waals surface area contributed by atoms with E-state index in [1.54, 1.807) is 16.8 Å². The van der Waals surface area contributed by atoms with Crippen molar-refractivity contribution in [2.45, 2.75) is 27.3 Å². The number of anilines is 2. The highest BCUT2D eigenvalue weighted by Gasteiger charge is 2.27. The molecule has 0 atom stereocenters. The maximum absolute atomic E-state index is 13.0. The number of nitrogens with one attached hydrogen (secondary N) is 2. The van der Waals surface area contributed by atoms with Gasteiger partial charge in [0.15, 0.2) is 5.69 Å². The molecular weight excluding hydrogens is 432 g/mol. The van der Waals surface area contributed by atoms with Crippen LogP contribution in [-0.2, 0) is 11.3 Å². The lowest BCUT2D eigenvalue weighted by molar-refractivity contribution is 0.0591. The summed E-state index contributed by atoms with van der Waals surface area (Å²) in [6.45, 7) is 7.51. The van der Waals surface area contributed by atoms with Gasteiger partial charge in [0.25, 0.3) is 5.91 Å². The monoisotopic (exact) mass is 460 g/mol. The number of furan rings is 1. The molecular formula is C26H28N4O4. The van der Waals surface area contributed by atoms with Gasteiger partial charge in [-0.1, -0.05) is 51.1 Å². The molecule has 0 saturated carbocycles. The molecule has 0 bridgehead atoms. The van der Waals surface area contributed by atoms with E-state index in [0.717, 1.165) is 17.8 Å². The van der Waals surface area contributed by atoms with Gasteiger partial charge in [-0.25, -0.2) is 9.78 Å². The number of hydrogen-bond donors (Lipinski definition) is 2. The molecule has 1 aromatic carbocycles. The first-order valence-corrected chi connectivity index (χ1v) is 11.0. The van der Waals surface area contributed by atoms with Crippen molar-refractivity contribution in [3.63, 3.8) is 0 Å². The molecule has 2 N–H and O–H groups in total. The van der Waals surface area contributed by atoms with Crippen LogP contribution in [0.4, 0.5) is 11.4 Å². The Kier molecular flexibility index (Phi) is 6.40. The first-order chi connectivity index (χ1) is 16.3. The standard InChI is InChI=1S/C26H28N4O4/c1-26(2,3)16-28-19-12-20-21(29-24(31)18-10-11-34-15-18)22(25(32)33-4)30(23(20)27-13-19)14-17-8-6-5-7-9-17/h5-13,15,28H,14,16H2,1-4H3,(H,29,31). The van der Waals surface area contributed by atoms with E-state index in [2.05, 4.69) is 36.4 Å². The third-order valence-electron chi connectivity index (χ3n) is 5.31. The third-order valence-corrected chi connectivity index (χ3v) is 5.31. The first-order valence-electron chi connectivity index (χ1n) is 11.0. The van der Waals surface area contributed by atoms with Crippen molar-refractivity contribution in [3.05, 3.63) is 78.0 Å². The molecule has 0 unspecified atom stereocenters. The lowest BCUT2D eigenvalue weighted by atomic mass is 9.97. The van der Waals surface area contributed by atoms with Gasteiger partial charge in [0, 0.05) is 18.5 Å². The molecule has 0 aliphatic rings. The van der Waals surface area contributed by atoms with Crippen LogP contribution in [0, 0.1) is 5.41 Å². The highest BCUT2D eigenvalue weighted by Crippen LogP contribution is 2.34. The third kappa shape index (κ3) is 4.96. The molecule has 0 saturated heterocycles. The number of pyridine rings is 1. The maximum Gasteiger partial charge on any atom is 0.356 e. The summed E-state index contributed by atoms with van der Waals surface area (Å²) in [6.07, 6.45) is 4.51. The van der Waals surface area contributed by atoms with E-state index in [-0.39, 0.29) is 11.1 Å². The van der Waals surface area contributed by atoms with Gasteiger partial charge in [-0.05, 0) is 23.1 Å². The van der Waals surface area contributed by atoms with Crippen molar-refractivity contribution in [2.24, 2.45) is 5.41 Å². The normalized spacial score (nSPS) is 11.4. The summed E-state index contributed by atoms with van der Waals surface area (Å²) in [6, 6.07) is 13.2. The summed E-state index contributed by atoms with van der Waals surface area (Å²) in [7, 11) is 1.32. The van der Waals surface area contributed by atoms with Gasteiger partial charge in [-0.3, -0.25) is 4.79 Å². The fraction of sp³-hybridized carbons (Fsp3) is 0.269. The Morgan fingerprint density at radius 1 is 1.15 bits per heavy atom. The Morgan fingerprint density at radius 2 is 1.91 bits per heavy atom. The summed E-state index contributed by atoms with van der Waals surface area (Å²) >= 11 is 0. The van der Waals surface area contributed by atoms with Crippen LogP contribution in [0.2, 0.25) is 0 Å².